The maximum absolute atomic E-state index is 12.8. The minimum Gasteiger partial charge on any atom is -0.391 e. The second-order valence-electron chi connectivity index (χ2n) is 7.53. The van der Waals surface area contributed by atoms with Gasteiger partial charge in [0.15, 0.2) is 0 Å². The Bertz CT molecular complexity index is 520. The molecule has 9 heteroatoms. The van der Waals surface area contributed by atoms with Crippen molar-refractivity contribution in [2.45, 2.75) is 67.8 Å². The first-order valence-electron chi connectivity index (χ1n) is 9.23. The van der Waals surface area contributed by atoms with Crippen LogP contribution in [0.15, 0.2) is 12.7 Å². The summed E-state index contributed by atoms with van der Waals surface area (Å²) >= 11 is 1.19. The molecule has 8 nitrogen and oxygen atoms in total. The highest BCUT2D eigenvalue weighted by Gasteiger charge is 2.48. The Morgan fingerprint density at radius 3 is 2.59 bits per heavy atom. The third-order valence-electron chi connectivity index (χ3n) is 5.46. The second kappa shape index (κ2) is 9.69. The number of aliphatic hydroxyl groups is 4. The zero-order valence-electron chi connectivity index (χ0n) is 16.1. The van der Waals surface area contributed by atoms with E-state index in [1.807, 2.05) is 18.0 Å². The van der Waals surface area contributed by atoms with E-state index in [1.54, 1.807) is 6.26 Å². The molecule has 2 fully saturated rings. The SMILES string of the molecule is C=CC[C@@H]1C[C@@H](C(=O)N[C@@H]([C@H]2O[C@H](SC)[C@H](O)[C@@H](O)[C@H]2O)[C@@H](C)O)N(C)C1. The summed E-state index contributed by atoms with van der Waals surface area (Å²) in [5, 5.41) is 43.5. The van der Waals surface area contributed by atoms with Crippen molar-refractivity contribution in [2.75, 3.05) is 19.8 Å². The van der Waals surface area contributed by atoms with Crippen LogP contribution in [0.5, 0.6) is 0 Å². The summed E-state index contributed by atoms with van der Waals surface area (Å²) in [7, 11) is 1.88. The summed E-state index contributed by atoms with van der Waals surface area (Å²) in [6.07, 6.45) is -1.10. The largest absolute Gasteiger partial charge is 0.391 e. The van der Waals surface area contributed by atoms with Crippen molar-refractivity contribution in [1.82, 2.24) is 10.2 Å². The van der Waals surface area contributed by atoms with Crippen LogP contribution in [0.4, 0.5) is 0 Å². The Morgan fingerprint density at radius 2 is 2.04 bits per heavy atom. The second-order valence-corrected chi connectivity index (χ2v) is 8.47. The molecular formula is C18H32N2O6S. The average Bonchev–Trinajstić information content (AvgIpc) is 2.99. The standard InChI is InChI=1S/C18H32N2O6S/c1-5-6-10-7-11(20(3)8-10)17(25)19-12(9(2)21)16-14(23)13(22)15(24)18(26-16)27-4/h5,9-16,18,21-24H,1,6-8H2,2-4H3,(H,19,25)/t9-,10-,11+,12-,13+,14-,15-,16-,18-/m1/s1. The van der Waals surface area contributed by atoms with Crippen LogP contribution < -0.4 is 5.32 Å². The van der Waals surface area contributed by atoms with Crippen LogP contribution in [-0.2, 0) is 9.53 Å². The van der Waals surface area contributed by atoms with Gasteiger partial charge in [0.1, 0.15) is 29.9 Å². The molecule has 0 aliphatic carbocycles. The van der Waals surface area contributed by atoms with Gasteiger partial charge in [-0.1, -0.05) is 6.08 Å². The van der Waals surface area contributed by atoms with Gasteiger partial charge in [-0.15, -0.1) is 18.3 Å². The molecule has 5 N–H and O–H groups in total. The number of hydrogen-bond donors (Lipinski definition) is 5. The van der Waals surface area contributed by atoms with E-state index in [2.05, 4.69) is 11.9 Å². The molecule has 2 saturated heterocycles. The fraction of sp³-hybridized carbons (Fsp3) is 0.833. The molecule has 9 atom stereocenters. The Balaban J connectivity index is 2.10. The van der Waals surface area contributed by atoms with Crippen molar-refractivity contribution in [3.8, 4) is 0 Å². The summed E-state index contributed by atoms with van der Waals surface area (Å²) in [5.41, 5.74) is -0.766. The number of rotatable bonds is 7. The molecule has 0 bridgehead atoms. The van der Waals surface area contributed by atoms with Gasteiger partial charge >= 0.3 is 0 Å². The first kappa shape index (κ1) is 22.6. The Kier molecular flexibility index (Phi) is 8.11. The number of likely N-dealkylation sites (tertiary alicyclic amines) is 1. The van der Waals surface area contributed by atoms with E-state index in [4.69, 9.17) is 4.74 Å². The Hall–Kier alpha value is -0.680. The van der Waals surface area contributed by atoms with E-state index >= 15 is 0 Å². The van der Waals surface area contributed by atoms with Gasteiger partial charge in [0.25, 0.3) is 0 Å². The molecule has 2 rings (SSSR count). The van der Waals surface area contributed by atoms with E-state index < -0.39 is 42.0 Å². The fourth-order valence-electron chi connectivity index (χ4n) is 3.92. The zero-order valence-corrected chi connectivity index (χ0v) is 16.9. The number of carbonyl (C=O) groups is 1. The van der Waals surface area contributed by atoms with Crippen LogP contribution in [0.3, 0.4) is 0 Å². The molecule has 27 heavy (non-hydrogen) atoms. The Morgan fingerprint density at radius 1 is 1.37 bits per heavy atom. The fourth-order valence-corrected chi connectivity index (χ4v) is 4.60. The highest BCUT2D eigenvalue weighted by Crippen LogP contribution is 2.30. The van der Waals surface area contributed by atoms with Gasteiger partial charge in [-0.3, -0.25) is 9.69 Å². The van der Waals surface area contributed by atoms with Gasteiger partial charge in [0, 0.05) is 6.54 Å². The maximum Gasteiger partial charge on any atom is 0.237 e. The predicted octanol–water partition coefficient (Wildman–Crippen LogP) is -1.08. The molecule has 2 aliphatic heterocycles. The van der Waals surface area contributed by atoms with Crippen molar-refractivity contribution >= 4 is 17.7 Å². The molecule has 0 unspecified atom stereocenters. The number of ether oxygens (including phenoxy) is 1. The lowest BCUT2D eigenvalue weighted by Crippen LogP contribution is -2.65. The van der Waals surface area contributed by atoms with Crippen LogP contribution in [0.2, 0.25) is 0 Å². The lowest BCUT2D eigenvalue weighted by Gasteiger charge is -2.44. The summed E-state index contributed by atoms with van der Waals surface area (Å²) in [6, 6.07) is -1.26. The molecule has 0 aromatic rings. The summed E-state index contributed by atoms with van der Waals surface area (Å²) in [6.45, 7) is 6.02. The number of hydrogen-bond acceptors (Lipinski definition) is 8. The first-order chi connectivity index (χ1) is 12.7. The molecule has 0 aromatic heterocycles. The third kappa shape index (κ3) is 5.03. The lowest BCUT2D eigenvalue weighted by atomic mass is 9.92. The molecule has 2 heterocycles. The minimum atomic E-state index is -1.43. The van der Waals surface area contributed by atoms with Crippen molar-refractivity contribution in [3.05, 3.63) is 12.7 Å². The van der Waals surface area contributed by atoms with Crippen LogP contribution in [0.1, 0.15) is 19.8 Å². The molecule has 2 aliphatic rings. The van der Waals surface area contributed by atoms with Gasteiger partial charge < -0.3 is 30.5 Å². The van der Waals surface area contributed by atoms with Gasteiger partial charge in [0.2, 0.25) is 5.91 Å². The summed E-state index contributed by atoms with van der Waals surface area (Å²) in [4.78, 5) is 14.8. The summed E-state index contributed by atoms with van der Waals surface area (Å²) in [5.74, 6) is 0.0923. The molecule has 0 aromatic carbocycles. The van der Waals surface area contributed by atoms with Crippen LogP contribution >= 0.6 is 11.8 Å². The van der Waals surface area contributed by atoms with E-state index in [0.29, 0.717) is 12.3 Å². The molecule has 1 amide bonds. The topological polar surface area (TPSA) is 122 Å². The highest BCUT2D eigenvalue weighted by atomic mass is 32.2. The van der Waals surface area contributed by atoms with Gasteiger partial charge in [-0.25, -0.2) is 0 Å². The van der Waals surface area contributed by atoms with Crippen LogP contribution in [0.25, 0.3) is 0 Å². The smallest absolute Gasteiger partial charge is 0.237 e. The maximum atomic E-state index is 12.8. The first-order valence-corrected chi connectivity index (χ1v) is 10.5. The number of nitrogens with one attached hydrogen (secondary N) is 1. The average molecular weight is 405 g/mol. The number of allylic oxidation sites excluding steroid dienone is 1. The number of nitrogens with zero attached hydrogens (tertiary/aromatic N) is 1. The van der Waals surface area contributed by atoms with Crippen molar-refractivity contribution in [3.63, 3.8) is 0 Å². The number of thioether (sulfide) groups is 1. The van der Waals surface area contributed by atoms with E-state index in [-0.39, 0.29) is 11.9 Å². The minimum absolute atomic E-state index is 0.257. The van der Waals surface area contributed by atoms with Gasteiger partial charge in [0.05, 0.1) is 18.2 Å². The van der Waals surface area contributed by atoms with Crippen LogP contribution in [0, 0.1) is 5.92 Å². The number of amides is 1. The molecule has 156 valence electrons. The van der Waals surface area contributed by atoms with Gasteiger partial charge in [-0.05, 0) is 39.0 Å². The van der Waals surface area contributed by atoms with Crippen LogP contribution in [-0.4, -0.2) is 99.1 Å². The quantitative estimate of drug-likeness (QED) is 0.340. The summed E-state index contributed by atoms with van der Waals surface area (Å²) < 4.78 is 5.71. The van der Waals surface area contributed by atoms with Crippen molar-refractivity contribution < 1.29 is 30.0 Å². The van der Waals surface area contributed by atoms with E-state index in [1.165, 1.54) is 18.7 Å². The van der Waals surface area contributed by atoms with Gasteiger partial charge in [-0.2, -0.15) is 0 Å². The predicted molar refractivity (Wildman–Crippen MR) is 103 cm³/mol. The highest BCUT2D eigenvalue weighted by molar-refractivity contribution is 7.99. The molecular weight excluding hydrogens is 372 g/mol. The van der Waals surface area contributed by atoms with Crippen molar-refractivity contribution in [2.24, 2.45) is 5.92 Å². The number of carbonyl (C=O) groups excluding carboxylic acids is 1. The normalized spacial score (nSPS) is 39.7. The third-order valence-corrected chi connectivity index (χ3v) is 6.31. The number of aliphatic hydroxyl groups excluding tert-OH is 4. The molecule has 0 saturated carbocycles. The van der Waals surface area contributed by atoms with E-state index in [0.717, 1.165) is 13.0 Å². The zero-order chi connectivity index (χ0) is 20.3. The monoisotopic (exact) mass is 404 g/mol. The molecule has 0 radical (unpaired) electrons. The molecule has 0 spiro atoms. The lowest BCUT2D eigenvalue weighted by molar-refractivity contribution is -0.211. The van der Waals surface area contributed by atoms with Crippen molar-refractivity contribution in [1.29, 1.82) is 0 Å². The Labute approximate surface area is 164 Å². The van der Waals surface area contributed by atoms with E-state index in [9.17, 15) is 25.2 Å². The number of likely N-dealkylation sites (N-methyl/N-ethyl adjacent to an activating group) is 1.